The van der Waals surface area contributed by atoms with E-state index in [2.05, 4.69) is 14.7 Å². The number of amides is 1. The van der Waals surface area contributed by atoms with Crippen molar-refractivity contribution in [1.82, 2.24) is 9.97 Å². The Bertz CT molecular complexity index is 1600. The summed E-state index contributed by atoms with van der Waals surface area (Å²) in [6, 6.07) is 26.3. The number of pyridine rings is 1. The Labute approximate surface area is 213 Å². The summed E-state index contributed by atoms with van der Waals surface area (Å²) < 4.78 is 29.7. The maximum absolute atomic E-state index is 13.9. The van der Waals surface area contributed by atoms with Crippen LogP contribution in [0.4, 0.5) is 10.8 Å². The van der Waals surface area contributed by atoms with E-state index >= 15 is 0 Å². The van der Waals surface area contributed by atoms with Crippen molar-refractivity contribution in [2.75, 3.05) is 9.62 Å². The lowest BCUT2D eigenvalue weighted by Gasteiger charge is -2.21. The van der Waals surface area contributed by atoms with Crippen LogP contribution in [0.1, 0.15) is 21.6 Å². The molecule has 5 rings (SSSR count). The molecule has 9 heteroatoms. The number of rotatable bonds is 7. The third kappa shape index (κ3) is 4.98. The van der Waals surface area contributed by atoms with E-state index in [-0.39, 0.29) is 28.6 Å². The van der Waals surface area contributed by atoms with Crippen LogP contribution in [-0.2, 0) is 16.6 Å². The highest BCUT2D eigenvalue weighted by Gasteiger charge is 2.26. The molecule has 0 saturated heterocycles. The minimum Gasteiger partial charge on any atom is -0.279 e. The molecule has 5 aromatic rings. The van der Waals surface area contributed by atoms with Gasteiger partial charge in [-0.3, -0.25) is 19.4 Å². The largest absolute Gasteiger partial charge is 0.279 e. The van der Waals surface area contributed by atoms with E-state index in [1.807, 2.05) is 49.4 Å². The summed E-state index contributed by atoms with van der Waals surface area (Å²) in [4.78, 5) is 24.6. The Morgan fingerprint density at radius 3 is 2.39 bits per heavy atom. The molecule has 2 aromatic heterocycles. The first-order valence-electron chi connectivity index (χ1n) is 11.2. The average molecular weight is 515 g/mol. The van der Waals surface area contributed by atoms with Crippen LogP contribution in [0.25, 0.3) is 10.2 Å². The van der Waals surface area contributed by atoms with E-state index in [4.69, 9.17) is 0 Å². The third-order valence-corrected chi connectivity index (χ3v) is 7.98. The molecule has 7 nitrogen and oxygen atoms in total. The van der Waals surface area contributed by atoms with E-state index in [0.717, 1.165) is 15.8 Å². The molecular weight excluding hydrogens is 492 g/mol. The fourth-order valence-electron chi connectivity index (χ4n) is 3.68. The van der Waals surface area contributed by atoms with Gasteiger partial charge in [0.2, 0.25) is 0 Å². The van der Waals surface area contributed by atoms with Gasteiger partial charge in [0.1, 0.15) is 0 Å². The van der Waals surface area contributed by atoms with E-state index in [1.165, 1.54) is 28.4 Å². The maximum Gasteiger partial charge on any atom is 0.262 e. The van der Waals surface area contributed by atoms with Gasteiger partial charge in [-0.2, -0.15) is 0 Å². The average Bonchev–Trinajstić information content (AvgIpc) is 3.32. The van der Waals surface area contributed by atoms with Gasteiger partial charge in [0.05, 0.1) is 38.6 Å². The monoisotopic (exact) mass is 514 g/mol. The SMILES string of the molecule is Cc1ccc(S(=O)(=O)Nc2ccccc2C(=O)N(Cc2ccccn2)c2nc3ccccc3s2)cc1. The first-order valence-corrected chi connectivity index (χ1v) is 13.5. The smallest absolute Gasteiger partial charge is 0.262 e. The molecule has 0 spiro atoms. The number of aryl methyl sites for hydroxylation is 1. The number of thiazole rings is 1. The molecular formula is C27H22N4O3S2. The van der Waals surface area contributed by atoms with Gasteiger partial charge in [0.15, 0.2) is 5.13 Å². The molecule has 0 saturated carbocycles. The van der Waals surface area contributed by atoms with Gasteiger partial charge in [-0.05, 0) is 55.5 Å². The van der Waals surface area contributed by atoms with Crippen molar-refractivity contribution in [3.05, 3.63) is 114 Å². The van der Waals surface area contributed by atoms with Crippen molar-refractivity contribution in [1.29, 1.82) is 0 Å². The number of carbonyl (C=O) groups is 1. The van der Waals surface area contributed by atoms with Gasteiger partial charge < -0.3 is 0 Å². The molecule has 180 valence electrons. The molecule has 0 aliphatic heterocycles. The summed E-state index contributed by atoms with van der Waals surface area (Å²) in [7, 11) is -3.90. The zero-order valence-electron chi connectivity index (χ0n) is 19.3. The topological polar surface area (TPSA) is 92.3 Å². The zero-order valence-corrected chi connectivity index (χ0v) is 21.0. The van der Waals surface area contributed by atoms with Crippen LogP contribution in [0.5, 0.6) is 0 Å². The molecule has 0 atom stereocenters. The second-order valence-electron chi connectivity index (χ2n) is 8.14. The van der Waals surface area contributed by atoms with Crippen molar-refractivity contribution in [2.45, 2.75) is 18.4 Å². The zero-order chi connectivity index (χ0) is 25.1. The van der Waals surface area contributed by atoms with Gasteiger partial charge in [0, 0.05) is 6.20 Å². The Morgan fingerprint density at radius 2 is 1.64 bits per heavy atom. The van der Waals surface area contributed by atoms with E-state index in [9.17, 15) is 13.2 Å². The number of carbonyl (C=O) groups excluding carboxylic acids is 1. The fourth-order valence-corrected chi connectivity index (χ4v) is 5.72. The lowest BCUT2D eigenvalue weighted by atomic mass is 10.1. The molecule has 1 N–H and O–H groups in total. The number of aromatic nitrogens is 2. The second-order valence-corrected chi connectivity index (χ2v) is 10.8. The van der Waals surface area contributed by atoms with Crippen molar-refractivity contribution in [3.63, 3.8) is 0 Å². The summed E-state index contributed by atoms with van der Waals surface area (Å²) in [5.74, 6) is -0.387. The van der Waals surface area contributed by atoms with Crippen LogP contribution < -0.4 is 9.62 Å². The summed E-state index contributed by atoms with van der Waals surface area (Å²) in [5.41, 5.74) is 2.82. The lowest BCUT2D eigenvalue weighted by Crippen LogP contribution is -2.31. The fraction of sp³-hybridized carbons (Fsp3) is 0.0741. The number of nitrogens with one attached hydrogen (secondary N) is 1. The van der Waals surface area contributed by atoms with E-state index in [1.54, 1.807) is 42.6 Å². The molecule has 0 bridgehead atoms. The van der Waals surface area contributed by atoms with E-state index < -0.39 is 10.0 Å². The first-order chi connectivity index (χ1) is 17.4. The van der Waals surface area contributed by atoms with Crippen LogP contribution in [-0.4, -0.2) is 24.3 Å². The van der Waals surface area contributed by atoms with Crippen LogP contribution >= 0.6 is 11.3 Å². The standard InChI is InChI=1S/C27H22N4O3S2/c1-19-13-15-21(16-14-19)36(33,34)30-23-10-3-2-9-22(23)26(32)31(18-20-8-6-7-17-28-20)27-29-24-11-4-5-12-25(24)35-27/h2-17,30H,18H2,1H3. The predicted octanol–water partition coefficient (Wildman–Crippen LogP) is 5.65. The number of hydrogen-bond donors (Lipinski definition) is 1. The summed E-state index contributed by atoms with van der Waals surface area (Å²) in [5, 5.41) is 0.503. The van der Waals surface area contributed by atoms with Gasteiger partial charge in [-0.1, -0.05) is 59.4 Å². The molecule has 3 aromatic carbocycles. The first kappa shape index (κ1) is 23.7. The van der Waals surface area contributed by atoms with Gasteiger partial charge >= 0.3 is 0 Å². The Kier molecular flexibility index (Phi) is 6.49. The van der Waals surface area contributed by atoms with Crippen LogP contribution in [0.2, 0.25) is 0 Å². The highest BCUT2D eigenvalue weighted by molar-refractivity contribution is 7.92. The third-order valence-electron chi connectivity index (χ3n) is 5.54. The lowest BCUT2D eigenvalue weighted by molar-refractivity contribution is 0.0985. The second kappa shape index (κ2) is 9.88. The van der Waals surface area contributed by atoms with Gasteiger partial charge in [0.25, 0.3) is 15.9 Å². The Balaban J connectivity index is 1.54. The Hall–Kier alpha value is -4.08. The molecule has 36 heavy (non-hydrogen) atoms. The predicted molar refractivity (Wildman–Crippen MR) is 143 cm³/mol. The van der Waals surface area contributed by atoms with Crippen LogP contribution in [0, 0.1) is 6.92 Å². The number of nitrogens with zero attached hydrogens (tertiary/aromatic N) is 3. The summed E-state index contributed by atoms with van der Waals surface area (Å²) in [6.45, 7) is 2.06. The minimum atomic E-state index is -3.90. The maximum atomic E-state index is 13.9. The molecule has 0 unspecified atom stereocenters. The summed E-state index contributed by atoms with van der Waals surface area (Å²) in [6.07, 6.45) is 1.67. The van der Waals surface area contributed by atoms with Crippen LogP contribution in [0.15, 0.2) is 102 Å². The molecule has 2 heterocycles. The highest BCUT2D eigenvalue weighted by Crippen LogP contribution is 2.32. The van der Waals surface area contributed by atoms with Crippen molar-refractivity contribution < 1.29 is 13.2 Å². The Morgan fingerprint density at radius 1 is 0.917 bits per heavy atom. The number of benzene rings is 3. The number of para-hydroxylation sites is 2. The molecule has 1 amide bonds. The number of hydrogen-bond acceptors (Lipinski definition) is 6. The quantitative estimate of drug-likeness (QED) is 0.303. The van der Waals surface area contributed by atoms with E-state index in [0.29, 0.717) is 10.8 Å². The number of anilines is 2. The van der Waals surface area contributed by atoms with Crippen LogP contribution in [0.3, 0.4) is 0 Å². The summed E-state index contributed by atoms with van der Waals surface area (Å²) >= 11 is 1.39. The molecule has 0 radical (unpaired) electrons. The number of sulfonamides is 1. The molecule has 0 fully saturated rings. The minimum absolute atomic E-state index is 0.117. The molecule has 0 aliphatic carbocycles. The van der Waals surface area contributed by atoms with Crippen molar-refractivity contribution in [3.8, 4) is 0 Å². The van der Waals surface area contributed by atoms with Crippen molar-refractivity contribution in [2.24, 2.45) is 0 Å². The highest BCUT2D eigenvalue weighted by atomic mass is 32.2. The molecule has 0 aliphatic rings. The van der Waals surface area contributed by atoms with Gasteiger partial charge in [-0.25, -0.2) is 13.4 Å². The van der Waals surface area contributed by atoms with Gasteiger partial charge in [-0.15, -0.1) is 0 Å². The number of fused-ring (bicyclic) bond motifs is 1. The normalized spacial score (nSPS) is 11.4. The van der Waals surface area contributed by atoms with Crippen molar-refractivity contribution >= 4 is 48.3 Å².